The van der Waals surface area contributed by atoms with Crippen molar-refractivity contribution in [1.29, 1.82) is 0 Å². The highest BCUT2D eigenvalue weighted by molar-refractivity contribution is 5.90. The van der Waals surface area contributed by atoms with Gasteiger partial charge in [-0.2, -0.15) is 0 Å². The highest BCUT2D eigenvalue weighted by Gasteiger charge is 2.18. The minimum absolute atomic E-state index is 0.0871. The fourth-order valence-electron chi connectivity index (χ4n) is 1.80. The van der Waals surface area contributed by atoms with E-state index in [4.69, 9.17) is 4.42 Å². The van der Waals surface area contributed by atoms with Crippen molar-refractivity contribution >= 4 is 16.8 Å². The van der Waals surface area contributed by atoms with Gasteiger partial charge in [0, 0.05) is 10.9 Å². The van der Waals surface area contributed by atoms with Gasteiger partial charge in [0.2, 0.25) is 0 Å². The van der Waals surface area contributed by atoms with E-state index in [1.807, 2.05) is 24.3 Å². The molecule has 2 rings (SSSR count). The van der Waals surface area contributed by atoms with Gasteiger partial charge in [0.05, 0.1) is 12.3 Å². The van der Waals surface area contributed by atoms with Crippen LogP contribution in [0.5, 0.6) is 0 Å². The van der Waals surface area contributed by atoms with Crippen molar-refractivity contribution < 1.29 is 9.21 Å². The van der Waals surface area contributed by atoms with Crippen LogP contribution in [0.3, 0.4) is 0 Å². The molecular weight excluding hydrogens is 190 g/mol. The molecule has 78 valence electrons. The molecule has 0 saturated heterocycles. The number of ketones is 1. The molecule has 0 saturated carbocycles. The Morgan fingerprint density at radius 1 is 1.40 bits per heavy atom. The third-order valence-corrected chi connectivity index (χ3v) is 2.52. The highest BCUT2D eigenvalue weighted by Crippen LogP contribution is 2.26. The van der Waals surface area contributed by atoms with Crippen molar-refractivity contribution in [2.24, 2.45) is 0 Å². The fourth-order valence-corrected chi connectivity index (χ4v) is 1.80. The fraction of sp³-hybridized carbons (Fsp3) is 0.250. The summed E-state index contributed by atoms with van der Waals surface area (Å²) in [5.41, 5.74) is 1.72. The van der Waals surface area contributed by atoms with E-state index in [0.29, 0.717) is 0 Å². The molecule has 0 aliphatic carbocycles. The summed E-state index contributed by atoms with van der Waals surface area (Å²) in [6, 6.07) is 7.42. The van der Waals surface area contributed by atoms with Crippen LogP contribution in [0.25, 0.3) is 11.0 Å². The Labute approximate surface area is 88.1 Å². The first-order chi connectivity index (χ1) is 7.24. The SMILES string of the molecule is CNC(C(C)=O)c1coc2ccccc12. The van der Waals surface area contributed by atoms with Crippen molar-refractivity contribution in [3.05, 3.63) is 36.1 Å². The van der Waals surface area contributed by atoms with E-state index in [1.165, 1.54) is 0 Å². The molecule has 0 fully saturated rings. The van der Waals surface area contributed by atoms with Gasteiger partial charge in [0.25, 0.3) is 0 Å². The molecule has 3 nitrogen and oxygen atoms in total. The van der Waals surface area contributed by atoms with Gasteiger partial charge in [0.1, 0.15) is 5.58 Å². The van der Waals surface area contributed by atoms with E-state index < -0.39 is 0 Å². The molecule has 1 heterocycles. The summed E-state index contributed by atoms with van der Waals surface area (Å²) < 4.78 is 5.39. The first-order valence-electron chi connectivity index (χ1n) is 4.88. The lowest BCUT2D eigenvalue weighted by Gasteiger charge is -2.10. The molecule has 0 bridgehead atoms. The zero-order chi connectivity index (χ0) is 10.8. The summed E-state index contributed by atoms with van der Waals surface area (Å²) in [7, 11) is 1.77. The van der Waals surface area contributed by atoms with Crippen LogP contribution < -0.4 is 5.32 Å². The van der Waals surface area contributed by atoms with Crippen LogP contribution in [0, 0.1) is 0 Å². The van der Waals surface area contributed by atoms with Crippen molar-refractivity contribution in [2.75, 3.05) is 7.05 Å². The van der Waals surface area contributed by atoms with E-state index in [1.54, 1.807) is 20.2 Å². The zero-order valence-electron chi connectivity index (χ0n) is 8.78. The van der Waals surface area contributed by atoms with Gasteiger partial charge in [-0.1, -0.05) is 18.2 Å². The Hall–Kier alpha value is -1.61. The quantitative estimate of drug-likeness (QED) is 0.832. The number of nitrogens with one attached hydrogen (secondary N) is 1. The Balaban J connectivity index is 2.55. The van der Waals surface area contributed by atoms with Crippen LogP contribution in [0.2, 0.25) is 0 Å². The van der Waals surface area contributed by atoms with Gasteiger partial charge < -0.3 is 9.73 Å². The molecule has 1 aromatic heterocycles. The minimum Gasteiger partial charge on any atom is -0.464 e. The van der Waals surface area contributed by atoms with E-state index in [9.17, 15) is 4.79 Å². The molecule has 0 spiro atoms. The number of furan rings is 1. The largest absolute Gasteiger partial charge is 0.464 e. The number of Topliss-reactive ketones (excluding diaryl/α,β-unsaturated/α-hetero) is 1. The maximum Gasteiger partial charge on any atom is 0.151 e. The number of carbonyl (C=O) groups is 1. The average molecular weight is 203 g/mol. The Morgan fingerprint density at radius 2 is 2.13 bits per heavy atom. The van der Waals surface area contributed by atoms with E-state index in [0.717, 1.165) is 16.5 Å². The summed E-state index contributed by atoms with van der Waals surface area (Å²) in [4.78, 5) is 11.4. The number of carbonyl (C=O) groups excluding carboxylic acids is 1. The van der Waals surface area contributed by atoms with Crippen molar-refractivity contribution in [2.45, 2.75) is 13.0 Å². The number of likely N-dealkylation sites (N-methyl/N-ethyl adjacent to an activating group) is 1. The van der Waals surface area contributed by atoms with Crippen molar-refractivity contribution in [3.8, 4) is 0 Å². The zero-order valence-corrected chi connectivity index (χ0v) is 8.78. The number of benzene rings is 1. The second kappa shape index (κ2) is 3.87. The van der Waals surface area contributed by atoms with Gasteiger partial charge in [-0.3, -0.25) is 4.79 Å². The van der Waals surface area contributed by atoms with Crippen molar-refractivity contribution in [3.63, 3.8) is 0 Å². The number of fused-ring (bicyclic) bond motifs is 1. The molecule has 1 N–H and O–H groups in total. The molecule has 0 aliphatic heterocycles. The summed E-state index contributed by atoms with van der Waals surface area (Å²) in [5, 5.41) is 3.98. The summed E-state index contributed by atoms with van der Waals surface area (Å²) in [6.07, 6.45) is 1.65. The predicted octanol–water partition coefficient (Wildman–Crippen LogP) is 2.28. The third-order valence-electron chi connectivity index (χ3n) is 2.52. The van der Waals surface area contributed by atoms with E-state index >= 15 is 0 Å². The number of hydrogen-bond acceptors (Lipinski definition) is 3. The molecule has 0 aliphatic rings. The van der Waals surface area contributed by atoms with Crippen LogP contribution >= 0.6 is 0 Å². The molecule has 1 unspecified atom stereocenters. The van der Waals surface area contributed by atoms with Gasteiger partial charge >= 0.3 is 0 Å². The topological polar surface area (TPSA) is 42.2 Å². The molecule has 3 heteroatoms. The van der Waals surface area contributed by atoms with Gasteiger partial charge in [-0.25, -0.2) is 0 Å². The van der Waals surface area contributed by atoms with Gasteiger partial charge in [-0.05, 0) is 20.0 Å². The molecule has 2 aromatic rings. The lowest BCUT2D eigenvalue weighted by molar-refractivity contribution is -0.118. The molecular formula is C12H13NO2. The van der Waals surface area contributed by atoms with E-state index in [-0.39, 0.29) is 11.8 Å². The second-order valence-corrected chi connectivity index (χ2v) is 3.52. The number of hydrogen-bond donors (Lipinski definition) is 1. The standard InChI is InChI=1S/C12H13NO2/c1-8(14)12(13-2)10-7-15-11-6-4-3-5-9(10)11/h3-7,12-13H,1-2H3. The third kappa shape index (κ3) is 1.66. The smallest absolute Gasteiger partial charge is 0.151 e. The molecule has 1 atom stereocenters. The maximum atomic E-state index is 11.4. The molecule has 0 radical (unpaired) electrons. The first-order valence-corrected chi connectivity index (χ1v) is 4.88. The Morgan fingerprint density at radius 3 is 2.80 bits per heavy atom. The van der Waals surface area contributed by atoms with Crippen LogP contribution in [0.1, 0.15) is 18.5 Å². The van der Waals surface area contributed by atoms with Crippen molar-refractivity contribution in [1.82, 2.24) is 5.32 Å². The van der Waals surface area contributed by atoms with Crippen LogP contribution in [-0.2, 0) is 4.79 Å². The summed E-state index contributed by atoms with van der Waals surface area (Å²) in [5.74, 6) is 0.0871. The van der Waals surface area contributed by atoms with Crippen LogP contribution in [0.15, 0.2) is 34.9 Å². The maximum absolute atomic E-state index is 11.4. The minimum atomic E-state index is -0.284. The normalized spacial score (nSPS) is 12.9. The highest BCUT2D eigenvalue weighted by atomic mass is 16.3. The first kappa shape index (κ1) is 9.93. The number of para-hydroxylation sites is 1. The predicted molar refractivity (Wildman–Crippen MR) is 58.7 cm³/mol. The molecule has 1 aromatic carbocycles. The lowest BCUT2D eigenvalue weighted by Crippen LogP contribution is -2.22. The monoisotopic (exact) mass is 203 g/mol. The van der Waals surface area contributed by atoms with E-state index in [2.05, 4.69) is 5.32 Å². The lowest BCUT2D eigenvalue weighted by atomic mass is 10.0. The van der Waals surface area contributed by atoms with Gasteiger partial charge in [-0.15, -0.1) is 0 Å². The summed E-state index contributed by atoms with van der Waals surface area (Å²) >= 11 is 0. The molecule has 15 heavy (non-hydrogen) atoms. The average Bonchev–Trinajstić information content (AvgIpc) is 2.63. The summed E-state index contributed by atoms with van der Waals surface area (Å²) in [6.45, 7) is 1.57. The van der Waals surface area contributed by atoms with Crippen LogP contribution in [0.4, 0.5) is 0 Å². The van der Waals surface area contributed by atoms with Crippen LogP contribution in [-0.4, -0.2) is 12.8 Å². The Kier molecular flexibility index (Phi) is 2.56. The Bertz CT molecular complexity index is 487. The second-order valence-electron chi connectivity index (χ2n) is 3.52. The van der Waals surface area contributed by atoms with Gasteiger partial charge in [0.15, 0.2) is 5.78 Å². The molecule has 0 amide bonds. The number of rotatable bonds is 3.